The average Bonchev–Trinajstić information content (AvgIpc) is 3.46. The fourth-order valence-electron chi connectivity index (χ4n) is 6.97. The van der Waals surface area contributed by atoms with Crippen LogP contribution in [0.3, 0.4) is 0 Å². The molecule has 2 aliphatic rings. The number of para-hydroxylation sites is 1. The van der Waals surface area contributed by atoms with Gasteiger partial charge in [0.25, 0.3) is 0 Å². The second-order valence-corrected chi connectivity index (χ2v) is 14.3. The van der Waals surface area contributed by atoms with Crippen LogP contribution in [0, 0.1) is 17.1 Å². The summed E-state index contributed by atoms with van der Waals surface area (Å²) in [5.41, 5.74) is 0.934. The third kappa shape index (κ3) is 6.75. The number of fused-ring (bicyclic) bond motifs is 1. The van der Waals surface area contributed by atoms with E-state index < -0.39 is 11.4 Å². The molecular weight excluding hydrogens is 670 g/mol. The van der Waals surface area contributed by atoms with Gasteiger partial charge >= 0.3 is 240 Å². The molecule has 2 aliphatic heterocycles. The van der Waals surface area contributed by atoms with Crippen LogP contribution >= 0.6 is 0 Å². The van der Waals surface area contributed by atoms with E-state index in [0.29, 0.717) is 57.4 Å². The van der Waals surface area contributed by atoms with E-state index in [0.717, 1.165) is 25.9 Å². The van der Waals surface area contributed by atoms with Gasteiger partial charge in [0.15, 0.2) is 0 Å². The second-order valence-electron chi connectivity index (χ2n) is 13.4. The van der Waals surface area contributed by atoms with E-state index in [1.165, 1.54) is 12.4 Å². The van der Waals surface area contributed by atoms with Crippen LogP contribution in [0.2, 0.25) is 0 Å². The molecule has 0 unspecified atom stereocenters. The molecule has 0 aliphatic carbocycles. The molecular formula is C36H40AsFN8O2. The van der Waals surface area contributed by atoms with Gasteiger partial charge in [-0.25, -0.2) is 0 Å². The van der Waals surface area contributed by atoms with Crippen molar-refractivity contribution >= 4 is 38.3 Å². The van der Waals surface area contributed by atoms with E-state index in [9.17, 15) is 10.1 Å². The van der Waals surface area contributed by atoms with Crippen LogP contribution in [0.25, 0.3) is 22.3 Å². The Bertz CT molecular complexity index is 1890. The summed E-state index contributed by atoms with van der Waals surface area (Å²) >= 11 is 2.42. The number of benzene rings is 2. The minimum atomic E-state index is -0.490. The number of nitrogens with zero attached hydrogens (tertiary/aromatic N) is 8. The quantitative estimate of drug-likeness (QED) is 0.156. The Morgan fingerprint density at radius 3 is 2.58 bits per heavy atom. The summed E-state index contributed by atoms with van der Waals surface area (Å²) in [6, 6.07) is 16.6. The summed E-state index contributed by atoms with van der Waals surface area (Å²) in [4.78, 5) is 29.3. The van der Waals surface area contributed by atoms with Gasteiger partial charge in [-0.1, -0.05) is 0 Å². The summed E-state index contributed by atoms with van der Waals surface area (Å²) in [7, 11) is 2.13. The number of amides is 1. The minimum absolute atomic E-state index is 0.140. The zero-order valence-electron chi connectivity index (χ0n) is 28.0. The molecule has 48 heavy (non-hydrogen) atoms. The first-order chi connectivity index (χ1) is 23.0. The molecule has 248 valence electrons. The van der Waals surface area contributed by atoms with Crippen molar-refractivity contribution in [3.8, 4) is 28.8 Å². The van der Waals surface area contributed by atoms with E-state index in [1.54, 1.807) is 21.7 Å². The number of aromatic nitrogens is 4. The molecule has 10 nitrogen and oxygen atoms in total. The van der Waals surface area contributed by atoms with Gasteiger partial charge in [-0.2, -0.15) is 0 Å². The number of likely N-dealkylation sites (N-methyl/N-ethyl adjacent to an activating group) is 1. The second kappa shape index (κ2) is 13.8. The number of likely N-dealkylation sites (tertiary alicyclic amines) is 1. The summed E-state index contributed by atoms with van der Waals surface area (Å²) in [5.74, 6) is 0.210. The average molecular weight is 711 g/mol. The summed E-state index contributed by atoms with van der Waals surface area (Å²) < 4.78 is 24.0. The first-order valence-corrected chi connectivity index (χ1v) is 17.2. The number of nitriles is 1. The van der Waals surface area contributed by atoms with Gasteiger partial charge < -0.3 is 4.90 Å². The van der Waals surface area contributed by atoms with Gasteiger partial charge in [0.1, 0.15) is 0 Å². The van der Waals surface area contributed by atoms with Crippen LogP contribution in [0.15, 0.2) is 66.5 Å². The van der Waals surface area contributed by atoms with Gasteiger partial charge in [0.05, 0.1) is 0 Å². The Kier molecular flexibility index (Phi) is 9.71. The van der Waals surface area contributed by atoms with Crippen LogP contribution in [0.5, 0.6) is 11.5 Å². The monoisotopic (exact) mass is 710 g/mol. The Morgan fingerprint density at radius 2 is 1.85 bits per heavy atom. The molecule has 0 saturated carbocycles. The number of piperazine rings is 1. The van der Waals surface area contributed by atoms with Gasteiger partial charge in [-0.3, -0.25) is 0 Å². The molecule has 3 atom stereocenters. The SMILES string of the molecule is C[C@@H]1CN(C)[C@@H](C)CN1C(C)(C)C=C(C#N)C(=O)N1CCC[C@H](n2nc(-c3ccc(Oc4ccccc4)cc3F)c3c([As])ncnc32)C1. The number of hydrogen-bond acceptors (Lipinski definition) is 8. The third-order valence-electron chi connectivity index (χ3n) is 9.56. The predicted octanol–water partition coefficient (Wildman–Crippen LogP) is 4.63. The summed E-state index contributed by atoms with van der Waals surface area (Å²) in [6.07, 6.45) is 4.77. The van der Waals surface area contributed by atoms with E-state index >= 15 is 4.39 Å². The Labute approximate surface area is 289 Å². The van der Waals surface area contributed by atoms with Crippen molar-refractivity contribution in [1.82, 2.24) is 34.4 Å². The molecule has 2 aromatic carbocycles. The third-order valence-corrected chi connectivity index (χ3v) is 10.3. The molecule has 2 fully saturated rings. The fraction of sp³-hybridized carbons (Fsp3) is 0.417. The van der Waals surface area contributed by atoms with Crippen LogP contribution < -0.4 is 9.22 Å². The maximum atomic E-state index is 15.7. The topological polar surface area (TPSA) is 103 Å². The van der Waals surface area contributed by atoms with Crippen molar-refractivity contribution in [1.29, 1.82) is 5.26 Å². The molecule has 6 rings (SSSR count). The van der Waals surface area contributed by atoms with Crippen molar-refractivity contribution in [2.24, 2.45) is 0 Å². The van der Waals surface area contributed by atoms with Gasteiger partial charge in [-0.15, -0.1) is 0 Å². The number of hydrogen-bond donors (Lipinski definition) is 0. The van der Waals surface area contributed by atoms with Crippen molar-refractivity contribution in [2.45, 2.75) is 64.2 Å². The maximum absolute atomic E-state index is 15.7. The first-order valence-electron chi connectivity index (χ1n) is 16.3. The molecule has 0 spiro atoms. The van der Waals surface area contributed by atoms with Gasteiger partial charge in [-0.05, 0) is 20.9 Å². The van der Waals surface area contributed by atoms with Crippen molar-refractivity contribution in [3.05, 3.63) is 72.3 Å². The zero-order valence-corrected chi connectivity index (χ0v) is 29.8. The van der Waals surface area contributed by atoms with Crippen LogP contribution in [0.4, 0.5) is 4.39 Å². The van der Waals surface area contributed by atoms with E-state index in [2.05, 4.69) is 77.4 Å². The number of carbonyl (C=O) groups is 1. The Hall–Kier alpha value is -4.10. The number of ether oxygens (including phenoxy) is 1. The van der Waals surface area contributed by atoms with E-state index in [-0.39, 0.29) is 23.6 Å². The zero-order chi connectivity index (χ0) is 34.2. The van der Waals surface area contributed by atoms with Crippen molar-refractivity contribution in [2.75, 3.05) is 33.2 Å². The van der Waals surface area contributed by atoms with Crippen molar-refractivity contribution in [3.63, 3.8) is 0 Å². The standard InChI is InChI=1S/C36H40AsFN8O2/c1-23-20-45(24(2)19-43(23)5)36(3,4)17-25(18-39)35(47)44-15-9-10-26(21-44)46-34-31(33(37)40-22-41-34)32(42-46)29-14-13-28(16-30(29)38)48-27-11-7-6-8-12-27/h6-8,11-14,16-17,22-24,26H,9-10,15,19-21H2,1-5H3/t23-,24+,26-/m0/s1. The molecule has 4 heterocycles. The molecule has 2 radical (unpaired) electrons. The molecule has 4 aromatic rings. The molecule has 2 aromatic heterocycles. The fourth-order valence-corrected chi connectivity index (χ4v) is 7.51. The molecule has 1 amide bonds. The van der Waals surface area contributed by atoms with Crippen LogP contribution in [-0.4, -0.2) is 108 Å². The predicted molar refractivity (Wildman–Crippen MR) is 184 cm³/mol. The van der Waals surface area contributed by atoms with E-state index in [4.69, 9.17) is 9.84 Å². The normalized spacial score (nSPS) is 21.3. The van der Waals surface area contributed by atoms with Gasteiger partial charge in [0, 0.05) is 25.2 Å². The molecule has 12 heteroatoms. The van der Waals surface area contributed by atoms with E-state index in [1.807, 2.05) is 36.4 Å². The summed E-state index contributed by atoms with van der Waals surface area (Å²) in [5, 5.41) is 15.7. The van der Waals surface area contributed by atoms with Crippen LogP contribution in [-0.2, 0) is 4.79 Å². The molecule has 0 bridgehead atoms. The number of rotatable bonds is 7. The molecule has 2 saturated heterocycles. The van der Waals surface area contributed by atoms with Gasteiger partial charge in [0.2, 0.25) is 0 Å². The first kappa shape index (κ1) is 33.8. The number of carbonyl (C=O) groups excluding carboxylic acids is 1. The summed E-state index contributed by atoms with van der Waals surface area (Å²) in [6.45, 7) is 11.2. The Balaban J connectivity index is 1.27. The number of halogens is 1. The Morgan fingerprint density at radius 1 is 1.08 bits per heavy atom. The number of piperidine rings is 1. The molecule has 0 N–H and O–H groups in total. The van der Waals surface area contributed by atoms with Crippen molar-refractivity contribution < 1.29 is 13.9 Å². The van der Waals surface area contributed by atoms with Crippen LogP contribution in [0.1, 0.15) is 46.6 Å².